The molecule has 1 aromatic heterocycles. The average Bonchev–Trinajstić information content (AvgIpc) is 3.26. The number of methoxy groups -OCH3 is 1. The van der Waals surface area contributed by atoms with Crippen LogP contribution in [-0.4, -0.2) is 36.5 Å². The minimum absolute atomic E-state index is 0.0664. The van der Waals surface area contributed by atoms with Gasteiger partial charge in [-0.1, -0.05) is 0 Å². The Bertz CT molecular complexity index is 1060. The van der Waals surface area contributed by atoms with Crippen LogP contribution in [0.2, 0.25) is 0 Å². The fraction of sp³-hybridized carbons (Fsp3) is 0.182. The fourth-order valence-corrected chi connectivity index (χ4v) is 2.58. The second-order valence-corrected chi connectivity index (χ2v) is 6.39. The molecule has 0 atom stereocenters. The molecule has 9 heteroatoms. The highest BCUT2D eigenvalue weighted by Crippen LogP contribution is 2.21. The van der Waals surface area contributed by atoms with Gasteiger partial charge in [-0.3, -0.25) is 19.7 Å². The van der Waals surface area contributed by atoms with Gasteiger partial charge in [-0.15, -0.1) is 0 Å². The monoisotopic (exact) mass is 426 g/mol. The van der Waals surface area contributed by atoms with Crippen molar-refractivity contribution in [1.82, 2.24) is 10.3 Å². The zero-order valence-electron chi connectivity index (χ0n) is 16.6. The third-order valence-electron chi connectivity index (χ3n) is 4.19. The molecule has 2 aromatic carbocycles. The maximum Gasteiger partial charge on any atom is 0.306 e. The first-order valence-corrected chi connectivity index (χ1v) is 9.29. The number of amides is 2. The number of esters is 1. The molecule has 0 aliphatic heterocycles. The zero-order chi connectivity index (χ0) is 22.2. The number of aryl methyl sites for hydroxylation is 1. The van der Waals surface area contributed by atoms with Crippen molar-refractivity contribution in [3.8, 4) is 17.1 Å². The number of hydrogen-bond acceptors (Lipinski definition) is 7. The van der Waals surface area contributed by atoms with Gasteiger partial charge in [0.15, 0.2) is 18.3 Å². The number of ether oxygens (including phenoxy) is 2. The molecule has 160 valence electrons. The number of rotatable bonds is 8. The third kappa shape index (κ3) is 6.23. The van der Waals surface area contributed by atoms with Gasteiger partial charge in [0.2, 0.25) is 0 Å². The molecule has 3 rings (SSSR count). The molecular formula is C22H19FN2O6. The number of carbonyl (C=O) groups is 3. The van der Waals surface area contributed by atoms with Crippen LogP contribution in [0.3, 0.4) is 0 Å². The number of benzene rings is 2. The number of aromatic nitrogens is 1. The summed E-state index contributed by atoms with van der Waals surface area (Å²) in [5.74, 6) is -1.04. The van der Waals surface area contributed by atoms with Crippen molar-refractivity contribution in [1.29, 1.82) is 0 Å². The third-order valence-corrected chi connectivity index (χ3v) is 4.19. The Morgan fingerprint density at radius 3 is 2.45 bits per heavy atom. The Morgan fingerprint density at radius 2 is 1.77 bits per heavy atom. The molecule has 0 saturated carbocycles. The molecule has 2 amide bonds. The summed E-state index contributed by atoms with van der Waals surface area (Å²) >= 11 is 0. The van der Waals surface area contributed by atoms with Gasteiger partial charge in [-0.2, -0.15) is 0 Å². The minimum atomic E-state index is -0.746. The second-order valence-electron chi connectivity index (χ2n) is 6.39. The standard InChI is InChI=1S/C22H19FN2O6/c1-29-17-8-4-15(5-9-17)22(28)25-19(26)13-30-21(27)11-10-20-24-12-18(31-20)14-2-6-16(23)7-3-14/h2-9,12H,10-11,13H2,1H3,(H,25,26,28). The lowest BCUT2D eigenvalue weighted by Crippen LogP contribution is -2.34. The first-order chi connectivity index (χ1) is 14.9. The summed E-state index contributed by atoms with van der Waals surface area (Å²) in [6.07, 6.45) is 1.57. The van der Waals surface area contributed by atoms with Crippen molar-refractivity contribution in [2.45, 2.75) is 12.8 Å². The van der Waals surface area contributed by atoms with E-state index < -0.39 is 24.4 Å². The van der Waals surface area contributed by atoms with E-state index in [-0.39, 0.29) is 24.2 Å². The topological polar surface area (TPSA) is 108 Å². The van der Waals surface area contributed by atoms with E-state index in [0.29, 0.717) is 23.0 Å². The number of oxazole rings is 1. The Hall–Kier alpha value is -4.01. The molecule has 0 fully saturated rings. The van der Waals surface area contributed by atoms with E-state index in [2.05, 4.69) is 10.3 Å². The molecule has 0 aliphatic rings. The van der Waals surface area contributed by atoms with E-state index >= 15 is 0 Å². The maximum absolute atomic E-state index is 13.0. The molecule has 0 bridgehead atoms. The predicted octanol–water partition coefficient (Wildman–Crippen LogP) is 2.92. The molecule has 0 aliphatic carbocycles. The van der Waals surface area contributed by atoms with Crippen LogP contribution in [0.15, 0.2) is 59.1 Å². The summed E-state index contributed by atoms with van der Waals surface area (Å²) in [5.41, 5.74) is 0.919. The van der Waals surface area contributed by atoms with Crippen LogP contribution in [0.4, 0.5) is 4.39 Å². The van der Waals surface area contributed by atoms with Crippen LogP contribution < -0.4 is 10.1 Å². The van der Waals surface area contributed by atoms with Gasteiger partial charge in [0, 0.05) is 17.5 Å². The van der Waals surface area contributed by atoms with Crippen molar-refractivity contribution in [2.24, 2.45) is 0 Å². The molecule has 0 saturated heterocycles. The van der Waals surface area contributed by atoms with Gasteiger partial charge in [-0.05, 0) is 48.5 Å². The summed E-state index contributed by atoms with van der Waals surface area (Å²) in [4.78, 5) is 39.7. The molecule has 8 nitrogen and oxygen atoms in total. The summed E-state index contributed by atoms with van der Waals surface area (Å²) in [7, 11) is 1.50. The van der Waals surface area contributed by atoms with E-state index in [1.807, 2.05) is 0 Å². The lowest BCUT2D eigenvalue weighted by Gasteiger charge is -2.06. The molecular weight excluding hydrogens is 407 g/mol. The van der Waals surface area contributed by atoms with Gasteiger partial charge < -0.3 is 13.9 Å². The van der Waals surface area contributed by atoms with Crippen LogP contribution in [0.5, 0.6) is 5.75 Å². The Morgan fingerprint density at radius 1 is 1.06 bits per heavy atom. The van der Waals surface area contributed by atoms with Crippen molar-refractivity contribution < 1.29 is 32.7 Å². The van der Waals surface area contributed by atoms with Crippen molar-refractivity contribution in [3.63, 3.8) is 0 Å². The van der Waals surface area contributed by atoms with Crippen molar-refractivity contribution in [2.75, 3.05) is 13.7 Å². The predicted molar refractivity (Wildman–Crippen MR) is 107 cm³/mol. The quantitative estimate of drug-likeness (QED) is 0.552. The minimum Gasteiger partial charge on any atom is -0.497 e. The van der Waals surface area contributed by atoms with Crippen molar-refractivity contribution in [3.05, 3.63) is 72.0 Å². The largest absolute Gasteiger partial charge is 0.497 e. The summed E-state index contributed by atoms with van der Waals surface area (Å²) in [6.45, 7) is -0.590. The Labute approximate surface area is 177 Å². The SMILES string of the molecule is COc1ccc(C(=O)NC(=O)COC(=O)CCc2ncc(-c3ccc(F)cc3)o2)cc1. The normalized spacial score (nSPS) is 10.4. The summed E-state index contributed by atoms with van der Waals surface area (Å²) in [5, 5.41) is 2.13. The van der Waals surface area contributed by atoms with E-state index in [1.165, 1.54) is 37.6 Å². The highest BCUT2D eigenvalue weighted by atomic mass is 19.1. The molecule has 1 heterocycles. The van der Waals surface area contributed by atoms with E-state index in [4.69, 9.17) is 13.9 Å². The number of carbonyl (C=O) groups excluding carboxylic acids is 3. The lowest BCUT2D eigenvalue weighted by atomic mass is 10.2. The van der Waals surface area contributed by atoms with Crippen molar-refractivity contribution >= 4 is 17.8 Å². The summed E-state index contributed by atoms with van der Waals surface area (Å²) in [6, 6.07) is 11.9. The smallest absolute Gasteiger partial charge is 0.306 e. The number of nitrogens with zero attached hydrogens (tertiary/aromatic N) is 1. The fourth-order valence-electron chi connectivity index (χ4n) is 2.58. The molecule has 0 radical (unpaired) electrons. The highest BCUT2D eigenvalue weighted by Gasteiger charge is 2.14. The van der Waals surface area contributed by atoms with Gasteiger partial charge in [0.05, 0.1) is 19.7 Å². The molecule has 1 N–H and O–H groups in total. The molecule has 0 unspecified atom stereocenters. The maximum atomic E-state index is 13.0. The van der Waals surface area contributed by atoms with Gasteiger partial charge in [-0.25, -0.2) is 9.37 Å². The van der Waals surface area contributed by atoms with Crippen LogP contribution in [-0.2, 0) is 20.7 Å². The van der Waals surface area contributed by atoms with Crippen LogP contribution in [0.1, 0.15) is 22.7 Å². The number of imide groups is 1. The number of halogens is 1. The second kappa shape index (κ2) is 10.1. The lowest BCUT2D eigenvalue weighted by molar-refractivity contribution is -0.148. The highest BCUT2D eigenvalue weighted by molar-refractivity contribution is 6.05. The number of nitrogens with one attached hydrogen (secondary N) is 1. The van der Waals surface area contributed by atoms with Crippen LogP contribution in [0.25, 0.3) is 11.3 Å². The Balaban J connectivity index is 1.41. The van der Waals surface area contributed by atoms with Gasteiger partial charge in [0.25, 0.3) is 11.8 Å². The Kier molecular flexibility index (Phi) is 7.10. The van der Waals surface area contributed by atoms with Gasteiger partial charge in [0.1, 0.15) is 11.6 Å². The zero-order valence-corrected chi connectivity index (χ0v) is 16.6. The molecule has 3 aromatic rings. The van der Waals surface area contributed by atoms with E-state index in [9.17, 15) is 18.8 Å². The average molecular weight is 426 g/mol. The molecule has 31 heavy (non-hydrogen) atoms. The summed E-state index contributed by atoms with van der Waals surface area (Å²) < 4.78 is 28.4. The first-order valence-electron chi connectivity index (χ1n) is 9.29. The first kappa shape index (κ1) is 21.7. The van der Waals surface area contributed by atoms with Crippen LogP contribution in [0, 0.1) is 5.82 Å². The van der Waals surface area contributed by atoms with Crippen LogP contribution >= 0.6 is 0 Å². The molecule has 0 spiro atoms. The van der Waals surface area contributed by atoms with E-state index in [1.54, 1.807) is 24.3 Å². The van der Waals surface area contributed by atoms with E-state index in [0.717, 1.165) is 0 Å². The van der Waals surface area contributed by atoms with Gasteiger partial charge >= 0.3 is 5.97 Å². The number of hydrogen-bond donors (Lipinski definition) is 1.